The number of hydrogen-bond donors (Lipinski definition) is 14. The SMILES string of the molecule is COc1cccc(CN)c1.NCC12CC3CC(CC(C3)C1)C2.NCCC12CC3CC(CC(C3)C1)C2.NCCN1CCOCC1.NCCOc1ccccc1.NCc1ccc(OC(F)(F)F)cc1.NCc1ccccc1F.NCc1ccccc1O.Nc1ccccc1.Nc1ccccc1O.Nc1ccccn1.Nc1cccnc1. The summed E-state index contributed by atoms with van der Waals surface area (Å²) in [7, 11) is 1.65. The maximum Gasteiger partial charge on any atom is 0.573 e. The van der Waals surface area contributed by atoms with Crippen molar-refractivity contribution >= 4 is 22.9 Å². The number of ether oxygens (including phenoxy) is 4. The van der Waals surface area contributed by atoms with Crippen molar-refractivity contribution in [3.8, 4) is 28.7 Å². The molecule has 0 spiro atoms. The molecule has 25 heteroatoms. The molecule has 7 aromatic carbocycles. The fourth-order valence-corrected chi connectivity index (χ4v) is 15.8. The molecule has 0 radical (unpaired) electrons. The second-order valence-corrected chi connectivity index (χ2v) is 29.4. The third kappa shape index (κ3) is 38.0. The van der Waals surface area contributed by atoms with Gasteiger partial charge in [0, 0.05) is 94.3 Å². The second kappa shape index (κ2) is 53.4. The molecule has 0 atom stereocenters. The molecule has 114 heavy (non-hydrogen) atoms. The maximum absolute atomic E-state index is 12.5. The van der Waals surface area contributed by atoms with Crippen molar-refractivity contribution in [1.82, 2.24) is 14.9 Å². The van der Waals surface area contributed by atoms with Gasteiger partial charge in [0.25, 0.3) is 0 Å². The van der Waals surface area contributed by atoms with Crippen molar-refractivity contribution in [2.75, 3.05) is 95.7 Å². The number of nitrogens with two attached hydrogens (primary N) is 12. The lowest BCUT2D eigenvalue weighted by atomic mass is 9.49. The first kappa shape index (κ1) is 95.0. The maximum atomic E-state index is 12.5. The van der Waals surface area contributed by atoms with Crippen LogP contribution in [0.25, 0.3) is 0 Å². The molecule has 26 N–H and O–H groups in total. The fraction of sp³-hybridized carbons (Fsp3) is 0.416. The minimum Gasteiger partial charge on any atom is -0.508 e. The first-order chi connectivity index (χ1) is 55.0. The number of aromatic hydroxyl groups is 2. The number of anilines is 4. The zero-order chi connectivity index (χ0) is 82.8. The minimum atomic E-state index is -4.63. The average Bonchev–Trinajstić information content (AvgIpc) is 0.759. The van der Waals surface area contributed by atoms with Gasteiger partial charge in [-0.25, -0.2) is 9.37 Å². The van der Waals surface area contributed by atoms with Gasteiger partial charge < -0.3 is 98.0 Å². The van der Waals surface area contributed by atoms with Gasteiger partial charge in [-0.05, 0) is 251 Å². The molecule has 9 fully saturated rings. The van der Waals surface area contributed by atoms with Gasteiger partial charge in [0.15, 0.2) is 0 Å². The van der Waals surface area contributed by atoms with Gasteiger partial charge in [-0.2, -0.15) is 0 Å². The number of halogens is 4. The largest absolute Gasteiger partial charge is 0.573 e. The van der Waals surface area contributed by atoms with Crippen molar-refractivity contribution in [2.45, 2.75) is 116 Å². The first-order valence-corrected chi connectivity index (χ1v) is 39.2. The number of hydrogen-bond acceptors (Lipinski definition) is 21. The van der Waals surface area contributed by atoms with E-state index in [1.807, 2.05) is 103 Å². The highest BCUT2D eigenvalue weighted by Gasteiger charge is 2.51. The normalized spacial score (nSPS) is 20.4. The number of benzene rings is 7. The topological polar surface area (TPSA) is 419 Å². The Morgan fingerprint density at radius 2 is 0.974 bits per heavy atom. The second-order valence-electron chi connectivity index (χ2n) is 29.4. The molecule has 9 aromatic rings. The van der Waals surface area contributed by atoms with Crippen LogP contribution in [0.4, 0.5) is 40.4 Å². The Hall–Kier alpha value is -9.64. The number of aromatic nitrogens is 2. The summed E-state index contributed by atoms with van der Waals surface area (Å²) in [4.78, 5) is 9.84. The third-order valence-electron chi connectivity index (χ3n) is 20.4. The zero-order valence-electron chi connectivity index (χ0n) is 66.3. The summed E-state index contributed by atoms with van der Waals surface area (Å²) in [5, 5.41) is 17.8. The predicted octanol–water partition coefficient (Wildman–Crippen LogP) is 13.9. The molecule has 21 nitrogen and oxygen atoms in total. The summed E-state index contributed by atoms with van der Waals surface area (Å²) >= 11 is 0. The van der Waals surface area contributed by atoms with Gasteiger partial charge in [0.1, 0.15) is 47.0 Å². The van der Waals surface area contributed by atoms with Crippen LogP contribution >= 0.6 is 0 Å². The van der Waals surface area contributed by atoms with Crippen LogP contribution in [0.15, 0.2) is 231 Å². The summed E-state index contributed by atoms with van der Waals surface area (Å²) in [5.74, 6) is 8.78. The molecular weight excluding hydrogens is 1450 g/mol. The van der Waals surface area contributed by atoms with Crippen molar-refractivity contribution in [3.63, 3.8) is 0 Å². The lowest BCUT2D eigenvalue weighted by Crippen LogP contribution is -2.49. The zero-order valence-corrected chi connectivity index (χ0v) is 66.3. The monoisotopic (exact) mass is 1580 g/mol. The average molecular weight is 1580 g/mol. The molecular formula is C89H127F4N15O6. The predicted molar refractivity (Wildman–Crippen MR) is 454 cm³/mol. The summed E-state index contributed by atoms with van der Waals surface area (Å²) in [6, 6.07) is 61.6. The first-order valence-electron chi connectivity index (χ1n) is 39.2. The third-order valence-corrected chi connectivity index (χ3v) is 20.4. The lowest BCUT2D eigenvalue weighted by molar-refractivity contribution is -0.274. The van der Waals surface area contributed by atoms with E-state index in [0.29, 0.717) is 61.0 Å². The number of nitrogens with zero attached hydrogens (tertiary/aromatic N) is 3. The van der Waals surface area contributed by atoms with Crippen LogP contribution in [-0.4, -0.2) is 104 Å². The van der Waals surface area contributed by atoms with Crippen molar-refractivity contribution in [2.24, 2.45) is 92.2 Å². The van der Waals surface area contributed by atoms with Gasteiger partial charge in [-0.3, -0.25) is 9.88 Å². The molecule has 8 bridgehead atoms. The number of nitrogen functional groups attached to an aromatic ring is 4. The van der Waals surface area contributed by atoms with E-state index in [1.54, 1.807) is 124 Å². The minimum absolute atomic E-state index is 0.146. The van der Waals surface area contributed by atoms with Crippen LogP contribution in [0.2, 0.25) is 0 Å². The molecule has 1 saturated heterocycles. The number of rotatable bonds is 14. The van der Waals surface area contributed by atoms with E-state index in [4.69, 9.17) is 93.2 Å². The fourth-order valence-electron chi connectivity index (χ4n) is 15.8. The van der Waals surface area contributed by atoms with Gasteiger partial charge in [-0.1, -0.05) is 115 Å². The molecule has 18 rings (SSSR count). The highest BCUT2D eigenvalue weighted by molar-refractivity contribution is 5.50. The van der Waals surface area contributed by atoms with E-state index >= 15 is 0 Å². The Morgan fingerprint density at radius 1 is 0.474 bits per heavy atom. The van der Waals surface area contributed by atoms with Crippen LogP contribution in [0, 0.1) is 52.2 Å². The number of morpholine rings is 1. The molecule has 8 aliphatic carbocycles. The number of alkyl halides is 3. The summed E-state index contributed by atoms with van der Waals surface area (Å²) in [6.07, 6.45) is 19.9. The molecule has 0 unspecified atom stereocenters. The Balaban J connectivity index is 0.000000223. The smallest absolute Gasteiger partial charge is 0.508 e. The van der Waals surface area contributed by atoms with E-state index in [0.717, 1.165) is 127 Å². The molecule has 0 amide bonds. The lowest BCUT2D eigenvalue weighted by Gasteiger charge is -2.57. The highest BCUT2D eigenvalue weighted by Crippen LogP contribution is 2.61. The molecule has 2 aromatic heterocycles. The van der Waals surface area contributed by atoms with Crippen molar-refractivity contribution in [3.05, 3.63) is 259 Å². The van der Waals surface area contributed by atoms with E-state index in [-0.39, 0.29) is 29.6 Å². The molecule has 622 valence electrons. The number of phenolic OH excluding ortho intramolecular Hbond substituents is 2. The van der Waals surface area contributed by atoms with Gasteiger partial charge in [-0.15, -0.1) is 13.2 Å². The van der Waals surface area contributed by atoms with E-state index < -0.39 is 6.36 Å². The van der Waals surface area contributed by atoms with Crippen LogP contribution < -0.4 is 83.0 Å². The van der Waals surface area contributed by atoms with Crippen molar-refractivity contribution in [1.29, 1.82) is 0 Å². The van der Waals surface area contributed by atoms with Crippen LogP contribution in [0.5, 0.6) is 28.7 Å². The molecule has 9 aliphatic rings. The van der Waals surface area contributed by atoms with Gasteiger partial charge in [0.05, 0.1) is 31.7 Å². The number of methoxy groups -OCH3 is 1. The Kier molecular flexibility index (Phi) is 44.5. The van der Waals surface area contributed by atoms with Crippen LogP contribution in [0.1, 0.15) is 106 Å². The van der Waals surface area contributed by atoms with E-state index in [1.165, 1.54) is 94.5 Å². The highest BCUT2D eigenvalue weighted by atomic mass is 19.4. The quantitative estimate of drug-likeness (QED) is 0.0273. The van der Waals surface area contributed by atoms with Gasteiger partial charge in [0.2, 0.25) is 0 Å². The summed E-state index contributed by atoms with van der Waals surface area (Å²) < 4.78 is 66.6. The van der Waals surface area contributed by atoms with Crippen LogP contribution in [0.3, 0.4) is 0 Å². The Labute approximate surface area is 672 Å². The van der Waals surface area contributed by atoms with E-state index in [2.05, 4.69) is 19.6 Å². The standard InChI is InChI=1S/C12H21N.C11H19N.C8H8F3NO.2C8H11NO.C7H8FN.C7H9NO.C6H14N2O.C6H7NO.C6H7N.2C5H6N2/c13-2-1-12-6-9-3-10(7-12)5-11(4-9)8-12;12-7-11-4-8-1-9(5-11)3-10(2-8)6-11;9-8(10,11)13-7-3-1-6(5-12)2-4-7;1-10-8-4-2-3-7(5-8)6-9;9-6-7-10-8-4-2-1-3-5-8;8-7-4-2-1-3-6(7)5-9;8-5-6-3-1-2-4-7(6)9;7-1-2-8-3-5-9-6-4-8;7-5-3-1-2-4-6(5)8;7-6-4-2-1-3-5-6;6-5-2-1-3-7-4-5;6-5-3-1-2-4-7-5/h9-11H,1-8,13H2;8-10H,1-7,12H2;1-4H,5,12H2;2-5H,6,9H2,1H3;1-5H,6-7,9H2;1-4H,5,9H2;1-4,9H,5,8H2;1-7H2;1-4,8H,7H2;1-5H,7H2;1-4H,6H2;1-4H,(H2,6,7). The number of phenols is 2. The Bertz CT molecular complexity index is 3690. The van der Waals surface area contributed by atoms with Gasteiger partial charge >= 0.3 is 6.36 Å². The summed E-state index contributed by atoms with van der Waals surface area (Å²) in [6.45, 7) is 10.2. The molecule has 1 aliphatic heterocycles. The molecule has 8 saturated carbocycles. The number of para-hydroxylation sites is 5. The Morgan fingerprint density at radius 3 is 1.35 bits per heavy atom. The molecule has 3 heterocycles. The number of pyridine rings is 2. The van der Waals surface area contributed by atoms with E-state index in [9.17, 15) is 17.6 Å². The van der Waals surface area contributed by atoms with Crippen LogP contribution in [-0.2, 0) is 30.9 Å². The summed E-state index contributed by atoms with van der Waals surface area (Å²) in [5.41, 5.74) is 71.2. The van der Waals surface area contributed by atoms with Crippen molar-refractivity contribution < 1.29 is 46.7 Å².